The minimum atomic E-state index is -0.604. The third-order valence-electron chi connectivity index (χ3n) is 4.26. The molecule has 1 aromatic carbocycles. The van der Waals surface area contributed by atoms with Gasteiger partial charge in [0, 0.05) is 18.0 Å². The summed E-state index contributed by atoms with van der Waals surface area (Å²) in [7, 11) is 0. The summed E-state index contributed by atoms with van der Waals surface area (Å²) >= 11 is 0. The average molecular weight is 303 g/mol. The highest BCUT2D eigenvalue weighted by Gasteiger charge is 2.40. The molecule has 22 heavy (non-hydrogen) atoms. The molecule has 1 unspecified atom stereocenters. The minimum absolute atomic E-state index is 0.154. The molecule has 0 fully saturated rings. The molecule has 2 atom stereocenters. The van der Waals surface area contributed by atoms with Gasteiger partial charge in [-0.3, -0.25) is 0 Å². The zero-order valence-corrected chi connectivity index (χ0v) is 13.6. The van der Waals surface area contributed by atoms with Crippen LogP contribution in [-0.4, -0.2) is 16.7 Å². The quantitative estimate of drug-likeness (QED) is 0.635. The number of aliphatic hydroxyl groups excluding tert-OH is 1. The minimum Gasteiger partial charge on any atom is -0.512 e. The van der Waals surface area contributed by atoms with Crippen molar-refractivity contribution in [1.82, 2.24) is 0 Å². The molecule has 2 rings (SSSR count). The van der Waals surface area contributed by atoms with Crippen LogP contribution in [-0.2, 0) is 9.53 Å². The maximum atomic E-state index is 12.5. The van der Waals surface area contributed by atoms with Gasteiger partial charge in [0.05, 0.1) is 5.57 Å². The number of rotatable bonds is 5. The Kier molecular flexibility index (Phi) is 4.79. The van der Waals surface area contributed by atoms with E-state index < -0.39 is 11.6 Å². The maximum Gasteiger partial charge on any atom is 0.338 e. The number of anilines is 1. The van der Waals surface area contributed by atoms with Crippen molar-refractivity contribution in [2.75, 3.05) is 5.73 Å². The van der Waals surface area contributed by atoms with Gasteiger partial charge in [-0.1, -0.05) is 32.4 Å². The fourth-order valence-electron chi connectivity index (χ4n) is 3.28. The Bertz CT molecular complexity index is 594. The molecule has 1 aliphatic heterocycles. The van der Waals surface area contributed by atoms with E-state index in [-0.39, 0.29) is 11.7 Å². The van der Waals surface area contributed by atoms with Crippen LogP contribution in [0.4, 0.5) is 5.69 Å². The highest BCUT2D eigenvalue weighted by molar-refractivity contribution is 5.92. The van der Waals surface area contributed by atoms with Gasteiger partial charge in [-0.2, -0.15) is 0 Å². The van der Waals surface area contributed by atoms with Crippen LogP contribution >= 0.6 is 0 Å². The molecule has 0 saturated carbocycles. The maximum absolute atomic E-state index is 12.5. The molecule has 0 spiro atoms. The van der Waals surface area contributed by atoms with Gasteiger partial charge in [0.25, 0.3) is 0 Å². The van der Waals surface area contributed by atoms with Crippen LogP contribution in [0.15, 0.2) is 35.6 Å². The van der Waals surface area contributed by atoms with E-state index in [4.69, 9.17) is 10.5 Å². The molecule has 120 valence electrons. The fraction of sp³-hybridized carbons (Fsp3) is 0.500. The standard InChI is InChI=1S/C18H25NO3/c1-4-9-18(3)11-15(20)16(17(21)22-18)14(5-2)12-7-6-8-13(19)10-12/h6-8,10,14,20H,4-5,9,11,19H2,1-3H3/t14-,18?/m1/s1. The number of hydrogen-bond donors (Lipinski definition) is 2. The van der Waals surface area contributed by atoms with Crippen molar-refractivity contribution in [2.24, 2.45) is 0 Å². The van der Waals surface area contributed by atoms with E-state index in [0.29, 0.717) is 24.1 Å². The molecule has 4 heteroatoms. The molecule has 0 aliphatic carbocycles. The summed E-state index contributed by atoms with van der Waals surface area (Å²) in [6.07, 6.45) is 2.72. The molecule has 1 aliphatic rings. The smallest absolute Gasteiger partial charge is 0.338 e. The van der Waals surface area contributed by atoms with E-state index in [1.165, 1.54) is 0 Å². The number of cyclic esters (lactones) is 1. The molecule has 3 N–H and O–H groups in total. The van der Waals surface area contributed by atoms with Crippen LogP contribution in [0.25, 0.3) is 0 Å². The first-order valence-electron chi connectivity index (χ1n) is 7.91. The van der Waals surface area contributed by atoms with Crippen LogP contribution in [0.3, 0.4) is 0 Å². The number of aliphatic hydroxyl groups is 1. The zero-order chi connectivity index (χ0) is 16.3. The number of nitrogens with two attached hydrogens (primary N) is 1. The monoisotopic (exact) mass is 303 g/mol. The topological polar surface area (TPSA) is 72.5 Å². The predicted molar refractivity (Wildman–Crippen MR) is 87.6 cm³/mol. The third kappa shape index (κ3) is 3.26. The fourth-order valence-corrected chi connectivity index (χ4v) is 3.28. The summed E-state index contributed by atoms with van der Waals surface area (Å²) in [6, 6.07) is 7.45. The predicted octanol–water partition coefficient (Wildman–Crippen LogP) is 4.08. The second-order valence-electron chi connectivity index (χ2n) is 6.26. The number of ether oxygens (including phenoxy) is 1. The van der Waals surface area contributed by atoms with Gasteiger partial charge in [-0.25, -0.2) is 4.79 Å². The summed E-state index contributed by atoms with van der Waals surface area (Å²) in [6.45, 7) is 5.90. The van der Waals surface area contributed by atoms with Gasteiger partial charge in [-0.15, -0.1) is 0 Å². The molecule has 0 radical (unpaired) electrons. The van der Waals surface area contributed by atoms with Crippen molar-refractivity contribution in [3.8, 4) is 0 Å². The zero-order valence-electron chi connectivity index (χ0n) is 13.6. The molecule has 4 nitrogen and oxygen atoms in total. The number of hydrogen-bond acceptors (Lipinski definition) is 4. The van der Waals surface area contributed by atoms with Crippen molar-refractivity contribution in [1.29, 1.82) is 0 Å². The molecule has 1 aromatic rings. The third-order valence-corrected chi connectivity index (χ3v) is 4.26. The Morgan fingerprint density at radius 3 is 2.68 bits per heavy atom. The van der Waals surface area contributed by atoms with Gasteiger partial charge in [0.2, 0.25) is 0 Å². The first-order valence-corrected chi connectivity index (χ1v) is 7.91. The highest BCUT2D eigenvalue weighted by Crippen LogP contribution is 2.39. The Labute approximate surface area is 132 Å². The van der Waals surface area contributed by atoms with Gasteiger partial charge in [0.1, 0.15) is 11.4 Å². The molecule has 0 bridgehead atoms. The van der Waals surface area contributed by atoms with Crippen LogP contribution in [0.2, 0.25) is 0 Å². The molecule has 1 heterocycles. The van der Waals surface area contributed by atoms with Crippen molar-refractivity contribution >= 4 is 11.7 Å². The van der Waals surface area contributed by atoms with Crippen LogP contribution in [0, 0.1) is 0 Å². The second kappa shape index (κ2) is 6.42. The number of carbonyl (C=O) groups excluding carboxylic acids is 1. The number of carbonyl (C=O) groups is 1. The van der Waals surface area contributed by atoms with Crippen molar-refractivity contribution < 1.29 is 14.6 Å². The van der Waals surface area contributed by atoms with Gasteiger partial charge >= 0.3 is 5.97 Å². The van der Waals surface area contributed by atoms with Crippen molar-refractivity contribution in [3.05, 3.63) is 41.2 Å². The lowest BCUT2D eigenvalue weighted by Crippen LogP contribution is -2.38. The lowest BCUT2D eigenvalue weighted by Gasteiger charge is -2.35. The SMILES string of the molecule is CCCC1(C)CC(O)=C([C@H](CC)c2cccc(N)c2)C(=O)O1. The van der Waals surface area contributed by atoms with E-state index in [9.17, 15) is 9.90 Å². The van der Waals surface area contributed by atoms with Crippen LogP contribution in [0.5, 0.6) is 0 Å². The average Bonchev–Trinajstić information content (AvgIpc) is 2.42. The lowest BCUT2D eigenvalue weighted by atomic mass is 9.83. The Morgan fingerprint density at radius 2 is 2.14 bits per heavy atom. The van der Waals surface area contributed by atoms with Gasteiger partial charge < -0.3 is 15.6 Å². The van der Waals surface area contributed by atoms with Gasteiger partial charge in [0.15, 0.2) is 0 Å². The number of benzene rings is 1. The van der Waals surface area contributed by atoms with Crippen LogP contribution < -0.4 is 5.73 Å². The summed E-state index contributed by atoms with van der Waals surface area (Å²) < 4.78 is 5.64. The normalized spacial score (nSPS) is 23.3. The largest absolute Gasteiger partial charge is 0.512 e. The first kappa shape index (κ1) is 16.4. The Balaban J connectivity index is 2.38. The Hall–Kier alpha value is -1.97. The second-order valence-corrected chi connectivity index (χ2v) is 6.26. The Morgan fingerprint density at radius 1 is 1.41 bits per heavy atom. The highest BCUT2D eigenvalue weighted by atomic mass is 16.6. The van der Waals surface area contributed by atoms with Gasteiger partial charge in [-0.05, 0) is 37.5 Å². The van der Waals surface area contributed by atoms with Crippen molar-refractivity contribution in [3.63, 3.8) is 0 Å². The molecule has 0 amide bonds. The number of nitrogen functional groups attached to an aromatic ring is 1. The van der Waals surface area contributed by atoms with E-state index in [0.717, 1.165) is 18.4 Å². The van der Waals surface area contributed by atoms with E-state index >= 15 is 0 Å². The van der Waals surface area contributed by atoms with Crippen molar-refractivity contribution in [2.45, 2.75) is 58.0 Å². The van der Waals surface area contributed by atoms with E-state index in [1.807, 2.05) is 45.0 Å². The van der Waals surface area contributed by atoms with Crippen LogP contribution in [0.1, 0.15) is 57.9 Å². The first-order chi connectivity index (χ1) is 10.4. The summed E-state index contributed by atoms with van der Waals surface area (Å²) in [5, 5.41) is 10.5. The van der Waals surface area contributed by atoms with E-state index in [2.05, 4.69) is 0 Å². The van der Waals surface area contributed by atoms with E-state index in [1.54, 1.807) is 0 Å². The number of esters is 1. The lowest BCUT2D eigenvalue weighted by molar-refractivity contribution is -0.158. The summed E-state index contributed by atoms with van der Waals surface area (Å²) in [5.41, 5.74) is 7.19. The molecule has 0 aromatic heterocycles. The summed E-state index contributed by atoms with van der Waals surface area (Å²) in [5.74, 6) is -0.447. The summed E-state index contributed by atoms with van der Waals surface area (Å²) in [4.78, 5) is 12.5. The molecular weight excluding hydrogens is 278 g/mol. The molecule has 0 saturated heterocycles. The molecular formula is C18H25NO3.